The standard InChI is InChI=1S/C20H24N2O2/c1-24-18-12-6-5-11-17(18)19(15-8-3-2-4-9-15)22-20(23)16-10-7-13-21-14-16/h2-6,8-9,11-12,16,19,21H,7,10,13-14H2,1H3,(H,22,23). The van der Waals surface area contributed by atoms with Gasteiger partial charge in [-0.1, -0.05) is 48.5 Å². The van der Waals surface area contributed by atoms with E-state index in [1.54, 1.807) is 7.11 Å². The molecule has 2 atom stereocenters. The van der Waals surface area contributed by atoms with Crippen LogP contribution in [0.3, 0.4) is 0 Å². The summed E-state index contributed by atoms with van der Waals surface area (Å²) >= 11 is 0. The Morgan fingerprint density at radius 1 is 1.17 bits per heavy atom. The second kappa shape index (κ2) is 7.97. The Labute approximate surface area is 143 Å². The molecule has 0 aromatic heterocycles. The van der Waals surface area contributed by atoms with Crippen LogP contribution in [0, 0.1) is 5.92 Å². The summed E-state index contributed by atoms with van der Waals surface area (Å²) in [5.74, 6) is 0.912. The number of nitrogens with one attached hydrogen (secondary N) is 2. The van der Waals surface area contributed by atoms with Gasteiger partial charge in [0.05, 0.1) is 19.1 Å². The van der Waals surface area contributed by atoms with Crippen LogP contribution in [-0.4, -0.2) is 26.1 Å². The predicted molar refractivity (Wildman–Crippen MR) is 95.0 cm³/mol. The van der Waals surface area contributed by atoms with E-state index in [0.717, 1.165) is 42.8 Å². The summed E-state index contributed by atoms with van der Waals surface area (Å²) in [7, 11) is 1.66. The highest BCUT2D eigenvalue weighted by Gasteiger charge is 2.26. The lowest BCUT2D eigenvalue weighted by Crippen LogP contribution is -2.42. The number of amides is 1. The SMILES string of the molecule is COc1ccccc1C(NC(=O)C1CCCNC1)c1ccccc1. The van der Waals surface area contributed by atoms with E-state index in [2.05, 4.69) is 10.6 Å². The van der Waals surface area contributed by atoms with Crippen molar-refractivity contribution in [3.05, 3.63) is 65.7 Å². The number of hydrogen-bond donors (Lipinski definition) is 2. The topological polar surface area (TPSA) is 50.4 Å². The molecule has 0 bridgehead atoms. The van der Waals surface area contributed by atoms with Gasteiger partial charge in [0.25, 0.3) is 0 Å². The predicted octanol–water partition coefficient (Wildman–Crippen LogP) is 2.90. The third-order valence-electron chi connectivity index (χ3n) is 4.54. The average Bonchev–Trinajstić information content (AvgIpc) is 2.67. The normalized spacial score (nSPS) is 18.6. The minimum absolute atomic E-state index is 0.0275. The van der Waals surface area contributed by atoms with Crippen molar-refractivity contribution < 1.29 is 9.53 Å². The maximum atomic E-state index is 12.8. The van der Waals surface area contributed by atoms with Gasteiger partial charge in [0.1, 0.15) is 5.75 Å². The van der Waals surface area contributed by atoms with Crippen LogP contribution < -0.4 is 15.4 Å². The van der Waals surface area contributed by atoms with Crippen molar-refractivity contribution >= 4 is 5.91 Å². The van der Waals surface area contributed by atoms with Gasteiger partial charge < -0.3 is 15.4 Å². The van der Waals surface area contributed by atoms with Crippen LogP contribution in [0.1, 0.15) is 30.0 Å². The highest BCUT2D eigenvalue weighted by Crippen LogP contribution is 2.30. The molecule has 0 radical (unpaired) electrons. The number of carbonyl (C=O) groups is 1. The maximum absolute atomic E-state index is 12.8. The van der Waals surface area contributed by atoms with E-state index in [1.165, 1.54) is 0 Å². The van der Waals surface area contributed by atoms with E-state index in [4.69, 9.17) is 4.74 Å². The van der Waals surface area contributed by atoms with Crippen molar-refractivity contribution in [3.8, 4) is 5.75 Å². The van der Waals surface area contributed by atoms with Crippen LogP contribution in [-0.2, 0) is 4.79 Å². The molecule has 1 amide bonds. The lowest BCUT2D eigenvalue weighted by molar-refractivity contribution is -0.126. The molecule has 4 nitrogen and oxygen atoms in total. The number of ether oxygens (including phenoxy) is 1. The average molecular weight is 324 g/mol. The number of carbonyl (C=O) groups excluding carboxylic acids is 1. The zero-order chi connectivity index (χ0) is 16.8. The first kappa shape index (κ1) is 16.5. The summed E-state index contributed by atoms with van der Waals surface area (Å²) in [6.07, 6.45) is 1.98. The fourth-order valence-electron chi connectivity index (χ4n) is 3.23. The van der Waals surface area contributed by atoms with Gasteiger partial charge in [-0.3, -0.25) is 4.79 Å². The van der Waals surface area contributed by atoms with Gasteiger partial charge in [0.2, 0.25) is 5.91 Å². The Bertz CT molecular complexity index is 666. The molecule has 0 spiro atoms. The van der Waals surface area contributed by atoms with Crippen molar-refractivity contribution in [2.45, 2.75) is 18.9 Å². The van der Waals surface area contributed by atoms with Crippen LogP contribution in [0.5, 0.6) is 5.75 Å². The second-order valence-electron chi connectivity index (χ2n) is 6.14. The molecular formula is C20H24N2O2. The second-order valence-corrected chi connectivity index (χ2v) is 6.14. The smallest absolute Gasteiger partial charge is 0.225 e. The number of piperidine rings is 1. The van der Waals surface area contributed by atoms with E-state index in [-0.39, 0.29) is 17.9 Å². The van der Waals surface area contributed by atoms with Crippen LogP contribution in [0.15, 0.2) is 54.6 Å². The zero-order valence-corrected chi connectivity index (χ0v) is 14.0. The van der Waals surface area contributed by atoms with Crippen molar-refractivity contribution in [2.75, 3.05) is 20.2 Å². The summed E-state index contributed by atoms with van der Waals surface area (Å²) in [5, 5.41) is 6.54. The van der Waals surface area contributed by atoms with E-state index < -0.39 is 0 Å². The Kier molecular flexibility index (Phi) is 5.49. The van der Waals surface area contributed by atoms with Crippen molar-refractivity contribution in [1.29, 1.82) is 0 Å². The first-order valence-electron chi connectivity index (χ1n) is 8.48. The summed E-state index contributed by atoms with van der Waals surface area (Å²) in [4.78, 5) is 12.8. The number of benzene rings is 2. The molecule has 1 heterocycles. The van der Waals surface area contributed by atoms with Crippen molar-refractivity contribution in [2.24, 2.45) is 5.92 Å². The molecule has 1 aliphatic rings. The molecule has 3 rings (SSSR count). The maximum Gasteiger partial charge on any atom is 0.225 e. The third kappa shape index (κ3) is 3.77. The molecule has 2 N–H and O–H groups in total. The minimum Gasteiger partial charge on any atom is -0.496 e. The van der Waals surface area contributed by atoms with Crippen LogP contribution in [0.2, 0.25) is 0 Å². The van der Waals surface area contributed by atoms with Gasteiger partial charge in [0, 0.05) is 12.1 Å². The van der Waals surface area contributed by atoms with E-state index in [1.807, 2.05) is 54.6 Å². The van der Waals surface area contributed by atoms with Gasteiger partial charge in [-0.15, -0.1) is 0 Å². The summed E-state index contributed by atoms with van der Waals surface area (Å²) in [5.41, 5.74) is 2.03. The Hall–Kier alpha value is -2.33. The number of hydrogen-bond acceptors (Lipinski definition) is 3. The molecule has 1 saturated heterocycles. The first-order chi connectivity index (χ1) is 11.8. The van der Waals surface area contributed by atoms with Gasteiger partial charge in [-0.2, -0.15) is 0 Å². The molecule has 126 valence electrons. The fourth-order valence-corrected chi connectivity index (χ4v) is 3.23. The first-order valence-corrected chi connectivity index (χ1v) is 8.48. The number of rotatable bonds is 5. The highest BCUT2D eigenvalue weighted by atomic mass is 16.5. The molecule has 1 fully saturated rings. The molecule has 0 aliphatic carbocycles. The van der Waals surface area contributed by atoms with Gasteiger partial charge in [-0.05, 0) is 31.0 Å². The van der Waals surface area contributed by atoms with E-state index >= 15 is 0 Å². The fraction of sp³-hybridized carbons (Fsp3) is 0.350. The van der Waals surface area contributed by atoms with Crippen LogP contribution in [0.4, 0.5) is 0 Å². The highest BCUT2D eigenvalue weighted by molar-refractivity contribution is 5.80. The molecular weight excluding hydrogens is 300 g/mol. The largest absolute Gasteiger partial charge is 0.496 e. The number of methoxy groups -OCH3 is 1. The molecule has 2 aromatic carbocycles. The molecule has 24 heavy (non-hydrogen) atoms. The quantitative estimate of drug-likeness (QED) is 0.889. The minimum atomic E-state index is -0.211. The van der Waals surface area contributed by atoms with Crippen molar-refractivity contribution in [3.63, 3.8) is 0 Å². The number of para-hydroxylation sites is 1. The third-order valence-corrected chi connectivity index (χ3v) is 4.54. The van der Waals surface area contributed by atoms with Crippen LogP contribution in [0.25, 0.3) is 0 Å². The lowest BCUT2D eigenvalue weighted by Gasteiger charge is -2.27. The van der Waals surface area contributed by atoms with Crippen LogP contribution >= 0.6 is 0 Å². The molecule has 0 saturated carbocycles. The Morgan fingerprint density at radius 3 is 2.62 bits per heavy atom. The lowest BCUT2D eigenvalue weighted by atomic mass is 9.94. The van der Waals surface area contributed by atoms with Gasteiger partial charge in [-0.25, -0.2) is 0 Å². The summed E-state index contributed by atoms with van der Waals surface area (Å²) in [6, 6.07) is 17.7. The Balaban J connectivity index is 1.89. The summed E-state index contributed by atoms with van der Waals surface area (Å²) < 4.78 is 5.51. The van der Waals surface area contributed by atoms with E-state index in [9.17, 15) is 4.79 Å². The Morgan fingerprint density at radius 2 is 1.92 bits per heavy atom. The zero-order valence-electron chi connectivity index (χ0n) is 14.0. The molecule has 4 heteroatoms. The van der Waals surface area contributed by atoms with Gasteiger partial charge >= 0.3 is 0 Å². The summed E-state index contributed by atoms with van der Waals surface area (Å²) in [6.45, 7) is 1.75. The van der Waals surface area contributed by atoms with E-state index in [0.29, 0.717) is 0 Å². The molecule has 2 aromatic rings. The molecule has 2 unspecified atom stereocenters. The van der Waals surface area contributed by atoms with Gasteiger partial charge in [0.15, 0.2) is 0 Å². The monoisotopic (exact) mass is 324 g/mol. The molecule has 1 aliphatic heterocycles. The van der Waals surface area contributed by atoms with Crippen molar-refractivity contribution in [1.82, 2.24) is 10.6 Å².